The third kappa shape index (κ3) is 3.86. The molecule has 6 nitrogen and oxygen atoms in total. The van der Waals surface area contributed by atoms with E-state index in [0.717, 1.165) is 5.56 Å². The average Bonchev–Trinajstić information content (AvgIpc) is 2.99. The summed E-state index contributed by atoms with van der Waals surface area (Å²) in [6.07, 6.45) is 1.59. The van der Waals surface area contributed by atoms with Gasteiger partial charge in [-0.3, -0.25) is 9.69 Å². The summed E-state index contributed by atoms with van der Waals surface area (Å²) in [7, 11) is 2.57. The van der Waals surface area contributed by atoms with Gasteiger partial charge < -0.3 is 9.47 Å². The summed E-state index contributed by atoms with van der Waals surface area (Å²) in [6.45, 7) is 3.54. The molecule has 1 heterocycles. The van der Waals surface area contributed by atoms with Gasteiger partial charge in [0, 0.05) is 10.7 Å². The molecule has 3 rings (SSSR count). The summed E-state index contributed by atoms with van der Waals surface area (Å²) in [5, 5.41) is 0.517. The van der Waals surface area contributed by atoms with Crippen LogP contribution in [0.15, 0.2) is 59.3 Å². The number of halogens is 1. The van der Waals surface area contributed by atoms with E-state index in [4.69, 9.17) is 21.1 Å². The van der Waals surface area contributed by atoms with Crippen molar-refractivity contribution in [3.8, 4) is 0 Å². The molecule has 0 spiro atoms. The second-order valence-electron chi connectivity index (χ2n) is 6.70. The Kier molecular flexibility index (Phi) is 6.08. The van der Waals surface area contributed by atoms with Crippen molar-refractivity contribution in [3.63, 3.8) is 0 Å². The van der Waals surface area contributed by atoms with Gasteiger partial charge in [0.05, 0.1) is 36.6 Å². The lowest BCUT2D eigenvalue weighted by atomic mass is 10.0. The number of carbonyl (C=O) groups is 3. The van der Waals surface area contributed by atoms with E-state index in [1.165, 1.54) is 19.1 Å². The van der Waals surface area contributed by atoms with Gasteiger partial charge in [0.15, 0.2) is 0 Å². The first-order valence-corrected chi connectivity index (χ1v) is 9.46. The van der Waals surface area contributed by atoms with E-state index in [0.29, 0.717) is 27.5 Å². The monoisotopic (exact) mass is 425 g/mol. The maximum absolute atomic E-state index is 13.3. The van der Waals surface area contributed by atoms with Gasteiger partial charge >= 0.3 is 11.9 Å². The molecule has 0 unspecified atom stereocenters. The molecule has 2 aromatic rings. The molecular formula is C23H20ClNO5. The lowest BCUT2D eigenvalue weighted by Gasteiger charge is -2.18. The zero-order valence-electron chi connectivity index (χ0n) is 17.0. The second kappa shape index (κ2) is 8.55. The molecule has 2 aromatic carbocycles. The number of aryl methyl sites for hydroxylation is 1. The van der Waals surface area contributed by atoms with Gasteiger partial charge in [-0.1, -0.05) is 29.8 Å². The van der Waals surface area contributed by atoms with Crippen LogP contribution in [0.1, 0.15) is 28.4 Å². The number of amides is 1. The lowest BCUT2D eigenvalue weighted by Crippen LogP contribution is -2.24. The molecule has 0 aliphatic carbocycles. The minimum absolute atomic E-state index is 0.177. The summed E-state index contributed by atoms with van der Waals surface area (Å²) in [5.74, 6) is -1.44. The Morgan fingerprint density at radius 2 is 1.60 bits per heavy atom. The van der Waals surface area contributed by atoms with E-state index in [9.17, 15) is 14.4 Å². The van der Waals surface area contributed by atoms with Crippen molar-refractivity contribution in [2.75, 3.05) is 19.1 Å². The van der Waals surface area contributed by atoms with Gasteiger partial charge in [0.1, 0.15) is 0 Å². The molecule has 1 aliphatic heterocycles. The van der Waals surface area contributed by atoms with Crippen molar-refractivity contribution in [1.82, 2.24) is 0 Å². The maximum Gasteiger partial charge on any atom is 0.340 e. The van der Waals surface area contributed by atoms with Crippen molar-refractivity contribution in [3.05, 3.63) is 81.0 Å². The zero-order valence-corrected chi connectivity index (χ0v) is 17.7. The van der Waals surface area contributed by atoms with Crippen LogP contribution in [0.25, 0.3) is 6.08 Å². The van der Waals surface area contributed by atoms with E-state index < -0.39 is 11.9 Å². The number of benzene rings is 2. The Morgan fingerprint density at radius 1 is 0.967 bits per heavy atom. The average molecular weight is 426 g/mol. The predicted octanol–water partition coefficient (Wildman–Crippen LogP) is 4.31. The third-order valence-electron chi connectivity index (χ3n) is 4.85. The number of hydrogen-bond donors (Lipinski definition) is 0. The number of carbonyl (C=O) groups excluding carboxylic acids is 3. The van der Waals surface area contributed by atoms with Crippen LogP contribution in [0.4, 0.5) is 5.69 Å². The van der Waals surface area contributed by atoms with Crippen LogP contribution in [0.2, 0.25) is 5.02 Å². The fourth-order valence-corrected chi connectivity index (χ4v) is 3.39. The Labute approximate surface area is 179 Å². The molecule has 0 atom stereocenters. The van der Waals surface area contributed by atoms with E-state index in [2.05, 4.69) is 0 Å². The summed E-state index contributed by atoms with van der Waals surface area (Å²) in [5.41, 5.74) is 3.28. The van der Waals surface area contributed by atoms with Gasteiger partial charge in [0.25, 0.3) is 5.91 Å². The van der Waals surface area contributed by atoms with E-state index in [-0.39, 0.29) is 17.1 Å². The standard InChI is InChI=1S/C23H20ClNO5/c1-13-5-10-17(12-19(13)24)25-14(2)20(23(28)30-4)18(21(25)26)11-15-6-8-16(9-7-15)22(27)29-3/h5-12H,1-4H3. The lowest BCUT2D eigenvalue weighted by molar-refractivity contribution is -0.136. The number of allylic oxidation sites excluding steroid dienone is 1. The first-order chi connectivity index (χ1) is 14.3. The summed E-state index contributed by atoms with van der Waals surface area (Å²) in [4.78, 5) is 38.8. The Morgan fingerprint density at radius 3 is 2.17 bits per heavy atom. The number of rotatable bonds is 4. The van der Waals surface area contributed by atoms with Crippen molar-refractivity contribution in [2.45, 2.75) is 13.8 Å². The third-order valence-corrected chi connectivity index (χ3v) is 5.25. The summed E-state index contributed by atoms with van der Waals surface area (Å²) >= 11 is 6.23. The van der Waals surface area contributed by atoms with E-state index >= 15 is 0 Å². The molecule has 0 saturated heterocycles. The van der Waals surface area contributed by atoms with E-state index in [1.54, 1.807) is 49.4 Å². The molecule has 0 aromatic heterocycles. The first kappa shape index (κ1) is 21.3. The Hall–Kier alpha value is -3.38. The summed E-state index contributed by atoms with van der Waals surface area (Å²) < 4.78 is 9.60. The highest BCUT2D eigenvalue weighted by Gasteiger charge is 2.38. The minimum Gasteiger partial charge on any atom is -0.465 e. The molecular weight excluding hydrogens is 406 g/mol. The van der Waals surface area contributed by atoms with Gasteiger partial charge in [-0.25, -0.2) is 9.59 Å². The van der Waals surface area contributed by atoms with Crippen molar-refractivity contribution in [1.29, 1.82) is 0 Å². The second-order valence-corrected chi connectivity index (χ2v) is 7.10. The molecule has 0 fully saturated rings. The van der Waals surface area contributed by atoms with Gasteiger partial charge in [-0.05, 0) is 55.3 Å². The maximum atomic E-state index is 13.3. The Bertz CT molecular complexity index is 1100. The SMILES string of the molecule is COC(=O)C1=C(C)N(c2ccc(C)c(Cl)c2)C(=O)C1=Cc1ccc(C(=O)OC)cc1. The fourth-order valence-electron chi connectivity index (χ4n) is 3.21. The highest BCUT2D eigenvalue weighted by molar-refractivity contribution is 6.32. The highest BCUT2D eigenvalue weighted by atomic mass is 35.5. The zero-order chi connectivity index (χ0) is 22.0. The molecule has 0 radical (unpaired) electrons. The minimum atomic E-state index is -0.612. The van der Waals surface area contributed by atoms with Crippen molar-refractivity contribution in [2.24, 2.45) is 0 Å². The smallest absolute Gasteiger partial charge is 0.340 e. The first-order valence-electron chi connectivity index (χ1n) is 9.08. The van der Waals surface area contributed by atoms with Crippen molar-refractivity contribution < 1.29 is 23.9 Å². The highest BCUT2D eigenvalue weighted by Crippen LogP contribution is 2.36. The predicted molar refractivity (Wildman–Crippen MR) is 114 cm³/mol. The number of nitrogens with zero attached hydrogens (tertiary/aromatic N) is 1. The largest absolute Gasteiger partial charge is 0.465 e. The Balaban J connectivity index is 2.08. The van der Waals surface area contributed by atoms with Gasteiger partial charge in [0.2, 0.25) is 0 Å². The van der Waals surface area contributed by atoms with Crippen LogP contribution in [-0.2, 0) is 19.1 Å². The topological polar surface area (TPSA) is 72.9 Å². The van der Waals surface area contributed by atoms with Crippen LogP contribution in [0, 0.1) is 6.92 Å². The van der Waals surface area contributed by atoms with E-state index in [1.807, 2.05) is 13.0 Å². The van der Waals surface area contributed by atoms with Crippen molar-refractivity contribution >= 4 is 41.2 Å². The van der Waals surface area contributed by atoms with Crippen LogP contribution in [0.3, 0.4) is 0 Å². The molecule has 1 aliphatic rings. The quantitative estimate of drug-likeness (QED) is 0.539. The van der Waals surface area contributed by atoms with Crippen LogP contribution in [-0.4, -0.2) is 32.1 Å². The van der Waals surface area contributed by atoms with Crippen LogP contribution >= 0.6 is 11.6 Å². The normalized spacial score (nSPS) is 15.0. The van der Waals surface area contributed by atoms with Gasteiger partial charge in [-0.15, -0.1) is 0 Å². The molecule has 30 heavy (non-hydrogen) atoms. The molecule has 1 amide bonds. The van der Waals surface area contributed by atoms with Crippen LogP contribution < -0.4 is 4.90 Å². The number of esters is 2. The molecule has 154 valence electrons. The number of ether oxygens (including phenoxy) is 2. The number of methoxy groups -OCH3 is 2. The molecule has 0 bridgehead atoms. The fraction of sp³-hybridized carbons (Fsp3) is 0.174. The number of hydrogen-bond acceptors (Lipinski definition) is 5. The molecule has 7 heteroatoms. The van der Waals surface area contributed by atoms with Gasteiger partial charge in [-0.2, -0.15) is 0 Å². The molecule has 0 saturated carbocycles. The molecule has 0 N–H and O–H groups in total. The number of anilines is 1. The van der Waals surface area contributed by atoms with Crippen LogP contribution in [0.5, 0.6) is 0 Å². The summed E-state index contributed by atoms with van der Waals surface area (Å²) in [6, 6.07) is 11.8.